The third kappa shape index (κ3) is 3.36. The first kappa shape index (κ1) is 11.7. The van der Waals surface area contributed by atoms with E-state index >= 15 is 0 Å². The average molecular weight is 227 g/mol. The van der Waals surface area contributed by atoms with Crippen molar-refractivity contribution >= 4 is 0 Å². The van der Waals surface area contributed by atoms with Crippen LogP contribution in [0.4, 0.5) is 0 Å². The predicted octanol–water partition coefficient (Wildman–Crippen LogP) is 2.37. The molecule has 2 rings (SSSR count). The number of nitrogens with one attached hydrogen (secondary N) is 1. The number of nitrogens with zero attached hydrogens (tertiary/aromatic N) is 2. The maximum absolute atomic E-state index is 4.42. The van der Waals surface area contributed by atoms with Crippen LogP contribution in [0.15, 0.2) is 48.9 Å². The van der Waals surface area contributed by atoms with Crippen LogP contribution in [0, 0.1) is 0 Å². The van der Waals surface area contributed by atoms with E-state index in [0.29, 0.717) is 0 Å². The molecule has 0 amide bonds. The second-order valence-electron chi connectivity index (χ2n) is 3.92. The van der Waals surface area contributed by atoms with Crippen LogP contribution in [0.3, 0.4) is 0 Å². The summed E-state index contributed by atoms with van der Waals surface area (Å²) in [5.41, 5.74) is 2.36. The van der Waals surface area contributed by atoms with Gasteiger partial charge >= 0.3 is 0 Å². The van der Waals surface area contributed by atoms with Crippen molar-refractivity contribution in [2.45, 2.75) is 19.4 Å². The van der Waals surface area contributed by atoms with Crippen LogP contribution in [-0.2, 0) is 6.42 Å². The van der Waals surface area contributed by atoms with Crippen LogP contribution in [0.2, 0.25) is 0 Å². The lowest BCUT2D eigenvalue weighted by molar-refractivity contribution is 0.536. The van der Waals surface area contributed by atoms with Crippen LogP contribution in [-0.4, -0.2) is 16.5 Å². The van der Waals surface area contributed by atoms with E-state index < -0.39 is 0 Å². The van der Waals surface area contributed by atoms with E-state index in [1.165, 1.54) is 5.56 Å². The minimum atomic E-state index is 0.267. The molecule has 0 aliphatic carbocycles. The first-order valence-corrected chi connectivity index (χ1v) is 5.93. The Hall–Kier alpha value is -1.74. The average Bonchev–Trinajstić information content (AvgIpc) is 2.40. The summed E-state index contributed by atoms with van der Waals surface area (Å²) >= 11 is 0. The summed E-state index contributed by atoms with van der Waals surface area (Å²) in [6.45, 7) is 3.05. The van der Waals surface area contributed by atoms with Gasteiger partial charge in [-0.3, -0.25) is 9.97 Å². The fraction of sp³-hybridized carbons (Fsp3) is 0.286. The fourth-order valence-electron chi connectivity index (χ4n) is 1.86. The van der Waals surface area contributed by atoms with Crippen molar-refractivity contribution in [2.75, 3.05) is 6.54 Å². The van der Waals surface area contributed by atoms with Crippen molar-refractivity contribution in [1.82, 2.24) is 15.3 Å². The third-order valence-electron chi connectivity index (χ3n) is 2.68. The molecule has 0 aliphatic heterocycles. The number of rotatable bonds is 5. The summed E-state index contributed by atoms with van der Waals surface area (Å²) in [5, 5.41) is 3.46. The normalized spacial score (nSPS) is 12.3. The van der Waals surface area contributed by atoms with Crippen molar-refractivity contribution in [3.8, 4) is 0 Å². The topological polar surface area (TPSA) is 37.8 Å². The molecule has 0 fully saturated rings. The Bertz CT molecular complexity index is 428. The molecule has 3 nitrogen and oxygen atoms in total. The highest BCUT2D eigenvalue weighted by Gasteiger charge is 2.11. The largest absolute Gasteiger partial charge is 0.309 e. The van der Waals surface area contributed by atoms with E-state index in [1.54, 1.807) is 0 Å². The van der Waals surface area contributed by atoms with Gasteiger partial charge in [0.15, 0.2) is 0 Å². The van der Waals surface area contributed by atoms with E-state index in [0.717, 1.165) is 18.7 Å². The summed E-state index contributed by atoms with van der Waals surface area (Å²) in [5.74, 6) is 0. The molecular weight excluding hydrogens is 210 g/mol. The summed E-state index contributed by atoms with van der Waals surface area (Å²) in [7, 11) is 0. The van der Waals surface area contributed by atoms with Crippen molar-refractivity contribution in [3.63, 3.8) is 0 Å². The Morgan fingerprint density at radius 2 is 1.94 bits per heavy atom. The Labute approximate surface area is 102 Å². The number of aromatic nitrogens is 2. The van der Waals surface area contributed by atoms with Crippen LogP contribution < -0.4 is 5.32 Å². The molecule has 3 heteroatoms. The van der Waals surface area contributed by atoms with Gasteiger partial charge in [-0.25, -0.2) is 0 Å². The minimum Gasteiger partial charge on any atom is -0.309 e. The van der Waals surface area contributed by atoms with Gasteiger partial charge in [-0.1, -0.05) is 13.0 Å². The molecule has 2 aromatic heterocycles. The van der Waals surface area contributed by atoms with Gasteiger partial charge < -0.3 is 5.32 Å². The zero-order valence-corrected chi connectivity index (χ0v) is 10.0. The van der Waals surface area contributed by atoms with Crippen molar-refractivity contribution in [3.05, 3.63) is 60.2 Å². The number of hydrogen-bond donors (Lipinski definition) is 1. The minimum absolute atomic E-state index is 0.267. The maximum Gasteiger partial charge on any atom is 0.0576 e. The van der Waals surface area contributed by atoms with Gasteiger partial charge in [0, 0.05) is 18.6 Å². The molecule has 1 unspecified atom stereocenters. The van der Waals surface area contributed by atoms with E-state index in [1.807, 2.05) is 42.9 Å². The molecule has 0 saturated carbocycles. The van der Waals surface area contributed by atoms with Crippen LogP contribution >= 0.6 is 0 Å². The van der Waals surface area contributed by atoms with Gasteiger partial charge in [-0.05, 0) is 42.8 Å². The summed E-state index contributed by atoms with van der Waals surface area (Å²) in [6.07, 6.45) is 6.44. The molecule has 2 aromatic rings. The van der Waals surface area contributed by atoms with Crippen molar-refractivity contribution < 1.29 is 0 Å². The van der Waals surface area contributed by atoms with E-state index in [9.17, 15) is 0 Å². The standard InChI is InChI=1S/C14H17N3/c1-2-16-14(13-5-3-4-8-17-13)11-12-6-9-15-10-7-12/h3-10,14,16H,2,11H2,1H3. The summed E-state index contributed by atoms with van der Waals surface area (Å²) < 4.78 is 0. The van der Waals surface area contributed by atoms with Gasteiger partial charge in [0.1, 0.15) is 0 Å². The Kier molecular flexibility index (Phi) is 4.22. The van der Waals surface area contributed by atoms with E-state index in [-0.39, 0.29) is 6.04 Å². The number of pyridine rings is 2. The molecule has 0 bridgehead atoms. The first-order chi connectivity index (χ1) is 8.40. The number of hydrogen-bond acceptors (Lipinski definition) is 3. The van der Waals surface area contributed by atoms with E-state index in [4.69, 9.17) is 0 Å². The molecule has 0 aromatic carbocycles. The SMILES string of the molecule is CCNC(Cc1ccncc1)c1ccccn1. The molecule has 2 heterocycles. The fourth-order valence-corrected chi connectivity index (χ4v) is 1.86. The molecule has 1 N–H and O–H groups in total. The monoisotopic (exact) mass is 227 g/mol. The third-order valence-corrected chi connectivity index (χ3v) is 2.68. The molecular formula is C14H17N3. The quantitative estimate of drug-likeness (QED) is 0.852. The van der Waals surface area contributed by atoms with Gasteiger partial charge in [0.2, 0.25) is 0 Å². The molecule has 0 radical (unpaired) electrons. The lowest BCUT2D eigenvalue weighted by Gasteiger charge is -2.17. The van der Waals surface area contributed by atoms with Crippen LogP contribution in [0.1, 0.15) is 24.2 Å². The second-order valence-corrected chi connectivity index (χ2v) is 3.92. The first-order valence-electron chi connectivity index (χ1n) is 5.93. The number of likely N-dealkylation sites (N-methyl/N-ethyl adjacent to an activating group) is 1. The molecule has 0 spiro atoms. The summed E-state index contributed by atoms with van der Waals surface area (Å²) in [6, 6.07) is 10.4. The highest BCUT2D eigenvalue weighted by Crippen LogP contribution is 2.15. The van der Waals surface area contributed by atoms with Gasteiger partial charge in [0.25, 0.3) is 0 Å². The van der Waals surface area contributed by atoms with E-state index in [2.05, 4.69) is 28.3 Å². The lowest BCUT2D eigenvalue weighted by Crippen LogP contribution is -2.23. The van der Waals surface area contributed by atoms with Gasteiger partial charge in [0.05, 0.1) is 11.7 Å². The molecule has 0 saturated heterocycles. The van der Waals surface area contributed by atoms with Crippen molar-refractivity contribution in [1.29, 1.82) is 0 Å². The second kappa shape index (κ2) is 6.11. The Morgan fingerprint density at radius 3 is 2.59 bits per heavy atom. The zero-order chi connectivity index (χ0) is 11.9. The van der Waals surface area contributed by atoms with Crippen molar-refractivity contribution in [2.24, 2.45) is 0 Å². The zero-order valence-electron chi connectivity index (χ0n) is 10.0. The molecule has 1 atom stereocenters. The molecule has 0 aliphatic rings. The Balaban J connectivity index is 2.13. The Morgan fingerprint density at radius 1 is 1.12 bits per heavy atom. The highest BCUT2D eigenvalue weighted by molar-refractivity contribution is 5.16. The van der Waals surface area contributed by atoms with Gasteiger partial charge in [-0.15, -0.1) is 0 Å². The molecule has 17 heavy (non-hydrogen) atoms. The predicted molar refractivity (Wildman–Crippen MR) is 68.6 cm³/mol. The summed E-state index contributed by atoms with van der Waals surface area (Å²) in [4.78, 5) is 8.45. The lowest BCUT2D eigenvalue weighted by atomic mass is 10.0. The smallest absolute Gasteiger partial charge is 0.0576 e. The maximum atomic E-state index is 4.42. The van der Waals surface area contributed by atoms with Gasteiger partial charge in [-0.2, -0.15) is 0 Å². The molecule has 88 valence electrons. The van der Waals surface area contributed by atoms with Crippen LogP contribution in [0.25, 0.3) is 0 Å². The van der Waals surface area contributed by atoms with Crippen LogP contribution in [0.5, 0.6) is 0 Å². The highest BCUT2D eigenvalue weighted by atomic mass is 14.9.